The van der Waals surface area contributed by atoms with Crippen molar-refractivity contribution in [3.8, 4) is 0 Å². The molecule has 0 aliphatic heterocycles. The van der Waals surface area contributed by atoms with E-state index >= 15 is 0 Å². The minimum atomic E-state index is -3.53. The van der Waals surface area contributed by atoms with Crippen molar-refractivity contribution in [2.24, 2.45) is 0 Å². The number of benzene rings is 2. The molecule has 2 aromatic carbocycles. The minimum Gasteiger partial charge on any atom is -0.377 e. The highest BCUT2D eigenvalue weighted by Gasteiger charge is 2.26. The van der Waals surface area contributed by atoms with E-state index in [9.17, 15) is 8.42 Å². The summed E-state index contributed by atoms with van der Waals surface area (Å²) < 4.78 is 29.1. The largest absolute Gasteiger partial charge is 0.377 e. The van der Waals surface area contributed by atoms with Crippen molar-refractivity contribution in [1.29, 1.82) is 0 Å². The number of unbranched alkanes of at least 4 members (excludes halogenated alkanes) is 7. The molecule has 4 nitrogen and oxygen atoms in total. The molecule has 0 radical (unpaired) electrons. The molecule has 2 rings (SSSR count). The van der Waals surface area contributed by atoms with E-state index in [1.54, 1.807) is 10.4 Å². The summed E-state index contributed by atoms with van der Waals surface area (Å²) >= 11 is 0. The van der Waals surface area contributed by atoms with Gasteiger partial charge in [-0.1, -0.05) is 83.1 Å². The SMILES string of the molecule is CCCCCCCCN(CCCCC)S(=O)(=O)c1cccc2c(N(C)C)cccc12. The van der Waals surface area contributed by atoms with Gasteiger partial charge in [-0.2, -0.15) is 4.31 Å². The topological polar surface area (TPSA) is 40.6 Å². The lowest BCUT2D eigenvalue weighted by atomic mass is 10.1. The Morgan fingerprint density at radius 1 is 0.700 bits per heavy atom. The Morgan fingerprint density at radius 3 is 1.90 bits per heavy atom. The lowest BCUT2D eigenvalue weighted by Gasteiger charge is -2.24. The number of hydrogen-bond acceptors (Lipinski definition) is 3. The van der Waals surface area contributed by atoms with Crippen molar-refractivity contribution in [2.45, 2.75) is 76.5 Å². The third-order valence-electron chi connectivity index (χ3n) is 5.73. The molecule has 0 fully saturated rings. The van der Waals surface area contributed by atoms with Gasteiger partial charge in [0, 0.05) is 43.6 Å². The Bertz CT molecular complexity index is 878. The number of hydrogen-bond donors (Lipinski definition) is 0. The number of rotatable bonds is 14. The lowest BCUT2D eigenvalue weighted by Crippen LogP contribution is -2.33. The Hall–Kier alpha value is -1.59. The fourth-order valence-corrected chi connectivity index (χ4v) is 5.70. The second-order valence-electron chi connectivity index (χ2n) is 8.40. The molecule has 168 valence electrons. The molecular weight excluding hydrogens is 392 g/mol. The maximum absolute atomic E-state index is 13.7. The number of sulfonamides is 1. The first-order chi connectivity index (χ1) is 14.4. The van der Waals surface area contributed by atoms with E-state index in [1.807, 2.05) is 49.3 Å². The van der Waals surface area contributed by atoms with Gasteiger partial charge in [0.15, 0.2) is 0 Å². The first kappa shape index (κ1) is 24.7. The van der Waals surface area contributed by atoms with Crippen molar-refractivity contribution in [1.82, 2.24) is 4.31 Å². The van der Waals surface area contributed by atoms with Gasteiger partial charge in [0.05, 0.1) is 4.90 Å². The monoisotopic (exact) mass is 432 g/mol. The van der Waals surface area contributed by atoms with Gasteiger partial charge in [-0.15, -0.1) is 0 Å². The van der Waals surface area contributed by atoms with Crippen LogP contribution < -0.4 is 4.90 Å². The summed E-state index contributed by atoms with van der Waals surface area (Å²) in [7, 11) is 0.450. The van der Waals surface area contributed by atoms with Crippen LogP contribution in [0.3, 0.4) is 0 Å². The van der Waals surface area contributed by atoms with Crippen molar-refractivity contribution in [3.63, 3.8) is 0 Å². The second kappa shape index (κ2) is 12.3. The van der Waals surface area contributed by atoms with Crippen LogP contribution in [0.25, 0.3) is 10.8 Å². The van der Waals surface area contributed by atoms with Gasteiger partial charge in [0.2, 0.25) is 10.0 Å². The van der Waals surface area contributed by atoms with E-state index in [1.165, 1.54) is 25.7 Å². The molecule has 0 saturated carbocycles. The molecule has 0 saturated heterocycles. The summed E-state index contributed by atoms with van der Waals surface area (Å²) in [5.74, 6) is 0. The van der Waals surface area contributed by atoms with E-state index in [0.29, 0.717) is 18.0 Å². The molecular formula is C25H40N2O2S. The molecule has 0 heterocycles. The van der Waals surface area contributed by atoms with Gasteiger partial charge in [-0.25, -0.2) is 8.42 Å². The van der Waals surface area contributed by atoms with Crippen molar-refractivity contribution >= 4 is 26.5 Å². The van der Waals surface area contributed by atoms with Crippen LogP contribution in [0.15, 0.2) is 41.3 Å². The Kier molecular flexibility index (Phi) is 10.1. The number of anilines is 1. The van der Waals surface area contributed by atoms with Crippen LogP contribution in [0, 0.1) is 0 Å². The zero-order valence-electron chi connectivity index (χ0n) is 19.4. The summed E-state index contributed by atoms with van der Waals surface area (Å²) in [5.41, 5.74) is 1.04. The second-order valence-corrected chi connectivity index (χ2v) is 10.3. The van der Waals surface area contributed by atoms with Gasteiger partial charge in [-0.05, 0) is 25.0 Å². The quantitative estimate of drug-likeness (QED) is 0.322. The molecule has 0 amide bonds. The average molecular weight is 433 g/mol. The molecule has 0 aromatic heterocycles. The molecule has 30 heavy (non-hydrogen) atoms. The molecule has 2 aromatic rings. The zero-order valence-corrected chi connectivity index (χ0v) is 20.2. The van der Waals surface area contributed by atoms with Crippen LogP contribution in [-0.4, -0.2) is 39.9 Å². The normalized spacial score (nSPS) is 12.0. The van der Waals surface area contributed by atoms with Gasteiger partial charge < -0.3 is 4.90 Å². The fourth-order valence-electron chi connectivity index (χ4n) is 3.98. The highest BCUT2D eigenvalue weighted by molar-refractivity contribution is 7.89. The molecule has 0 unspecified atom stereocenters. The van der Waals surface area contributed by atoms with Crippen molar-refractivity contribution in [3.05, 3.63) is 36.4 Å². The summed E-state index contributed by atoms with van der Waals surface area (Å²) in [4.78, 5) is 2.47. The van der Waals surface area contributed by atoms with Crippen molar-refractivity contribution < 1.29 is 8.42 Å². The highest BCUT2D eigenvalue weighted by Crippen LogP contribution is 2.32. The maximum Gasteiger partial charge on any atom is 0.243 e. The molecule has 0 aliphatic rings. The van der Waals surface area contributed by atoms with Crippen LogP contribution in [-0.2, 0) is 10.0 Å². The smallest absolute Gasteiger partial charge is 0.243 e. The molecule has 0 N–H and O–H groups in total. The van der Waals surface area contributed by atoms with Crippen LogP contribution in [0.5, 0.6) is 0 Å². The Morgan fingerprint density at radius 2 is 1.23 bits per heavy atom. The number of nitrogens with zero attached hydrogens (tertiary/aromatic N) is 2. The van der Waals surface area contributed by atoms with E-state index in [0.717, 1.165) is 48.6 Å². The summed E-state index contributed by atoms with van der Waals surface area (Å²) in [5, 5.41) is 1.80. The molecule has 5 heteroatoms. The van der Waals surface area contributed by atoms with Gasteiger partial charge in [-0.3, -0.25) is 0 Å². The van der Waals surface area contributed by atoms with Crippen LogP contribution in [0.1, 0.15) is 71.6 Å². The van der Waals surface area contributed by atoms with Gasteiger partial charge in [0.25, 0.3) is 0 Å². The third-order valence-corrected chi connectivity index (χ3v) is 7.69. The average Bonchev–Trinajstić information content (AvgIpc) is 2.73. The van der Waals surface area contributed by atoms with Gasteiger partial charge >= 0.3 is 0 Å². The summed E-state index contributed by atoms with van der Waals surface area (Å²) in [6.45, 7) is 5.59. The predicted molar refractivity (Wildman–Crippen MR) is 130 cm³/mol. The third kappa shape index (κ3) is 6.45. The first-order valence-electron chi connectivity index (χ1n) is 11.6. The standard InChI is InChI=1S/C25H40N2O2S/c1-5-7-9-10-11-13-21-27(20-12-8-6-2)30(28,29)25-19-15-16-22-23(25)17-14-18-24(22)26(3)4/h14-19H,5-13,20-21H2,1-4H3. The summed E-state index contributed by atoms with van der Waals surface area (Å²) in [6.07, 6.45) is 10.0. The first-order valence-corrected chi connectivity index (χ1v) is 13.1. The predicted octanol–water partition coefficient (Wildman–Crippen LogP) is 6.45. The molecule has 0 atom stereocenters. The maximum atomic E-state index is 13.7. The van der Waals surface area contributed by atoms with Crippen LogP contribution in [0.2, 0.25) is 0 Å². The van der Waals surface area contributed by atoms with Crippen LogP contribution in [0.4, 0.5) is 5.69 Å². The minimum absolute atomic E-state index is 0.436. The Balaban J connectivity index is 2.29. The summed E-state index contributed by atoms with van der Waals surface area (Å²) in [6, 6.07) is 11.6. The van der Waals surface area contributed by atoms with E-state index in [2.05, 4.69) is 13.8 Å². The fraction of sp³-hybridized carbons (Fsp3) is 0.600. The van der Waals surface area contributed by atoms with E-state index in [-0.39, 0.29) is 0 Å². The lowest BCUT2D eigenvalue weighted by molar-refractivity contribution is 0.386. The van der Waals surface area contributed by atoms with E-state index in [4.69, 9.17) is 0 Å². The zero-order chi connectivity index (χ0) is 22.0. The van der Waals surface area contributed by atoms with Crippen molar-refractivity contribution in [2.75, 3.05) is 32.1 Å². The van der Waals surface area contributed by atoms with Gasteiger partial charge in [0.1, 0.15) is 0 Å². The molecule has 0 aliphatic carbocycles. The van der Waals surface area contributed by atoms with Crippen LogP contribution >= 0.6 is 0 Å². The molecule has 0 bridgehead atoms. The highest BCUT2D eigenvalue weighted by atomic mass is 32.2. The number of fused-ring (bicyclic) bond motifs is 1. The Labute approximate surface area is 184 Å². The van der Waals surface area contributed by atoms with E-state index < -0.39 is 10.0 Å². The molecule has 0 spiro atoms.